The summed E-state index contributed by atoms with van der Waals surface area (Å²) >= 11 is 7.78. The lowest BCUT2D eigenvalue weighted by atomic mass is 9.95. The second-order valence-electron chi connectivity index (χ2n) is 13.2. The molecule has 8 rings (SSSR count). The maximum absolute atomic E-state index is 17.4. The van der Waals surface area contributed by atoms with Crippen LogP contribution in [0.5, 0.6) is 11.8 Å². The van der Waals surface area contributed by atoms with Gasteiger partial charge in [0.15, 0.2) is 11.6 Å². The number of thiophene rings is 1. The average Bonchev–Trinajstić information content (AvgIpc) is 3.74. The van der Waals surface area contributed by atoms with Crippen molar-refractivity contribution < 1.29 is 31.4 Å². The zero-order valence-electron chi connectivity index (χ0n) is 27.6. The van der Waals surface area contributed by atoms with Crippen molar-refractivity contribution in [1.29, 1.82) is 5.26 Å². The SMILES string of the molecule is C#CC(F)(F)[C@H](c1cccnc1N)N1CCOc2c(Cl)c(-c3ccc(F)c4sc(N)c(C#N)c34)c(F)c3nc(OC[C@@]45CCCN4C[C@H](F)C5)nc1c23. The van der Waals surface area contributed by atoms with E-state index in [0.29, 0.717) is 13.0 Å². The Morgan fingerprint density at radius 3 is 2.77 bits per heavy atom. The van der Waals surface area contributed by atoms with Gasteiger partial charge in [0, 0.05) is 35.7 Å². The first-order valence-electron chi connectivity index (χ1n) is 16.5. The molecule has 0 saturated carbocycles. The molecule has 0 aliphatic carbocycles. The molecule has 53 heavy (non-hydrogen) atoms. The third-order valence-corrected chi connectivity index (χ3v) is 11.6. The van der Waals surface area contributed by atoms with Crippen LogP contribution in [-0.2, 0) is 0 Å². The number of alkyl halides is 3. The normalized spacial score (nSPS) is 20.5. The molecule has 5 aromatic rings. The number of pyridine rings is 1. The Kier molecular flexibility index (Phi) is 8.40. The van der Waals surface area contributed by atoms with Gasteiger partial charge in [-0.15, -0.1) is 17.8 Å². The van der Waals surface area contributed by atoms with Gasteiger partial charge in [-0.1, -0.05) is 23.7 Å². The highest BCUT2D eigenvalue weighted by atomic mass is 35.5. The Bertz CT molecular complexity index is 2420. The van der Waals surface area contributed by atoms with Gasteiger partial charge >= 0.3 is 11.9 Å². The topological polar surface area (TPSA) is 139 Å². The quantitative estimate of drug-likeness (QED) is 0.131. The summed E-state index contributed by atoms with van der Waals surface area (Å²) in [7, 11) is 0. The van der Waals surface area contributed by atoms with Gasteiger partial charge in [0.2, 0.25) is 0 Å². The number of halogens is 6. The van der Waals surface area contributed by atoms with E-state index < -0.39 is 46.8 Å². The number of terminal acetylenes is 1. The summed E-state index contributed by atoms with van der Waals surface area (Å²) in [5.41, 5.74) is 10.6. The van der Waals surface area contributed by atoms with E-state index in [0.717, 1.165) is 28.7 Å². The minimum Gasteiger partial charge on any atom is -0.489 e. The molecule has 3 aliphatic heterocycles. The molecule has 6 heterocycles. The maximum Gasteiger partial charge on any atom is 0.332 e. The third-order valence-electron chi connectivity index (χ3n) is 10.2. The van der Waals surface area contributed by atoms with Gasteiger partial charge < -0.3 is 25.8 Å². The van der Waals surface area contributed by atoms with Crippen molar-refractivity contribution in [2.24, 2.45) is 0 Å². The van der Waals surface area contributed by atoms with E-state index in [1.165, 1.54) is 24.4 Å². The van der Waals surface area contributed by atoms with Gasteiger partial charge in [-0.3, -0.25) is 4.90 Å². The van der Waals surface area contributed by atoms with Crippen molar-refractivity contribution in [3.63, 3.8) is 0 Å². The zero-order valence-corrected chi connectivity index (χ0v) is 29.2. The number of nitriles is 1. The Morgan fingerprint density at radius 1 is 1.21 bits per heavy atom. The van der Waals surface area contributed by atoms with E-state index in [1.807, 2.05) is 11.0 Å². The number of benzene rings is 2. The highest BCUT2D eigenvalue weighted by Crippen LogP contribution is 2.52. The molecule has 272 valence electrons. The highest BCUT2D eigenvalue weighted by Gasteiger charge is 2.50. The van der Waals surface area contributed by atoms with E-state index in [2.05, 4.69) is 15.0 Å². The summed E-state index contributed by atoms with van der Waals surface area (Å²) in [6, 6.07) is 4.68. The summed E-state index contributed by atoms with van der Waals surface area (Å²) < 4.78 is 91.3. The summed E-state index contributed by atoms with van der Waals surface area (Å²) in [4.78, 5) is 16.1. The molecule has 0 amide bonds. The fourth-order valence-corrected chi connectivity index (χ4v) is 9.22. The standard InChI is InChI=1S/C36H28ClF5N8O2S/c1-2-36(41,42)30(19-5-3-9-46-31(19)44)50-11-12-51-28-24-27(47-34(48-33(24)50)52-16-35-8-4-10-49(35)15-17(38)13-35)26(40)23(25(28)37)18-6-7-21(39)29-22(18)20(14-43)32(45)53-29/h1,3,5-7,9,17,30H,4,8,10-13,15-16,45H2,(H2,44,46)/t17-,30+,35+/m1/s1. The molecule has 17 heteroatoms. The lowest BCUT2D eigenvalue weighted by Crippen LogP contribution is -2.44. The number of fused-ring (bicyclic) bond motifs is 2. The van der Waals surface area contributed by atoms with E-state index >= 15 is 17.6 Å². The van der Waals surface area contributed by atoms with Crippen LogP contribution in [0.2, 0.25) is 5.02 Å². The average molecular weight is 767 g/mol. The van der Waals surface area contributed by atoms with Crippen molar-refractivity contribution in [2.45, 2.75) is 42.9 Å². The van der Waals surface area contributed by atoms with Crippen LogP contribution in [0.1, 0.15) is 36.4 Å². The molecular formula is C36H28ClF5N8O2S. The van der Waals surface area contributed by atoms with Crippen molar-refractivity contribution in [2.75, 3.05) is 49.2 Å². The molecule has 0 bridgehead atoms. The second kappa shape index (κ2) is 12.8. The molecule has 3 aromatic heterocycles. The molecule has 2 fully saturated rings. The first-order valence-corrected chi connectivity index (χ1v) is 17.7. The number of nitrogen functional groups attached to an aromatic ring is 2. The van der Waals surface area contributed by atoms with E-state index in [9.17, 15) is 9.65 Å². The number of anilines is 3. The number of nitrogens with zero attached hydrogens (tertiary/aromatic N) is 6. The fraction of sp³-hybridized carbons (Fsp3) is 0.333. The minimum atomic E-state index is -3.89. The molecule has 0 unspecified atom stereocenters. The molecule has 0 radical (unpaired) electrons. The predicted molar refractivity (Wildman–Crippen MR) is 191 cm³/mol. The Morgan fingerprint density at radius 2 is 2.02 bits per heavy atom. The van der Waals surface area contributed by atoms with Crippen LogP contribution in [0, 0.1) is 35.3 Å². The lowest BCUT2D eigenvalue weighted by molar-refractivity contribution is 0.0326. The molecular weight excluding hydrogens is 739 g/mol. The van der Waals surface area contributed by atoms with Crippen LogP contribution < -0.4 is 25.8 Å². The number of rotatable bonds is 7. The van der Waals surface area contributed by atoms with Crippen molar-refractivity contribution in [3.8, 4) is 41.3 Å². The van der Waals surface area contributed by atoms with Gasteiger partial charge in [0.25, 0.3) is 0 Å². The predicted octanol–water partition coefficient (Wildman–Crippen LogP) is 7.04. The fourth-order valence-electron chi connectivity index (χ4n) is 7.94. The molecule has 3 atom stereocenters. The number of nitrogens with two attached hydrogens (primary N) is 2. The van der Waals surface area contributed by atoms with E-state index in [1.54, 1.807) is 5.92 Å². The molecule has 4 N–H and O–H groups in total. The summed E-state index contributed by atoms with van der Waals surface area (Å²) in [6.45, 7) is 0.260. The van der Waals surface area contributed by atoms with E-state index in [-0.39, 0.29) is 97.9 Å². The monoisotopic (exact) mass is 766 g/mol. The first-order chi connectivity index (χ1) is 25.4. The Hall–Kier alpha value is -5.16. The molecule has 2 saturated heterocycles. The lowest BCUT2D eigenvalue weighted by Gasteiger charge is -2.35. The Balaban J connectivity index is 1.40. The summed E-state index contributed by atoms with van der Waals surface area (Å²) in [5.74, 6) is -4.76. The Labute approximate surface area is 308 Å². The van der Waals surface area contributed by atoms with Crippen LogP contribution in [0.25, 0.3) is 32.1 Å². The second-order valence-corrected chi connectivity index (χ2v) is 14.6. The van der Waals surface area contributed by atoms with Gasteiger partial charge in [0.05, 0.1) is 32.8 Å². The molecule has 10 nitrogen and oxygen atoms in total. The van der Waals surface area contributed by atoms with Crippen LogP contribution in [0.15, 0.2) is 30.5 Å². The van der Waals surface area contributed by atoms with Gasteiger partial charge in [-0.25, -0.2) is 18.2 Å². The number of ether oxygens (including phenoxy) is 2. The third kappa shape index (κ3) is 5.42. The van der Waals surface area contributed by atoms with Crippen molar-refractivity contribution >= 4 is 60.6 Å². The summed E-state index contributed by atoms with van der Waals surface area (Å²) in [5, 5.41) is 9.48. The van der Waals surface area contributed by atoms with Crippen LogP contribution in [-0.4, -0.2) is 70.3 Å². The number of aromatic nitrogens is 3. The van der Waals surface area contributed by atoms with Crippen molar-refractivity contribution in [3.05, 3.63) is 58.2 Å². The highest BCUT2D eigenvalue weighted by molar-refractivity contribution is 7.23. The number of hydrogen-bond acceptors (Lipinski definition) is 11. The summed E-state index contributed by atoms with van der Waals surface area (Å²) in [6.07, 6.45) is 7.30. The number of hydrogen-bond donors (Lipinski definition) is 2. The van der Waals surface area contributed by atoms with Gasteiger partial charge in [0.1, 0.15) is 59.5 Å². The molecule has 0 spiro atoms. The minimum absolute atomic E-state index is 0.00556. The van der Waals surface area contributed by atoms with Crippen molar-refractivity contribution in [1.82, 2.24) is 19.9 Å². The first kappa shape index (κ1) is 34.9. The van der Waals surface area contributed by atoms with Gasteiger partial charge in [-0.2, -0.15) is 24.0 Å². The zero-order chi connectivity index (χ0) is 37.4. The van der Waals surface area contributed by atoms with Crippen LogP contribution >= 0.6 is 22.9 Å². The largest absolute Gasteiger partial charge is 0.489 e. The van der Waals surface area contributed by atoms with E-state index in [4.69, 9.17) is 39.0 Å². The van der Waals surface area contributed by atoms with Gasteiger partial charge in [-0.05, 0) is 43.0 Å². The molecule has 3 aliphatic rings. The van der Waals surface area contributed by atoms with Crippen LogP contribution in [0.3, 0.4) is 0 Å². The smallest absolute Gasteiger partial charge is 0.332 e. The van der Waals surface area contributed by atoms with Crippen LogP contribution in [0.4, 0.5) is 38.6 Å². The maximum atomic E-state index is 17.4. The molecule has 2 aromatic carbocycles.